The third-order valence-corrected chi connectivity index (χ3v) is 3.44. The molecule has 1 fully saturated rings. The van der Waals surface area contributed by atoms with Crippen molar-refractivity contribution in [1.29, 1.82) is 0 Å². The summed E-state index contributed by atoms with van der Waals surface area (Å²) >= 11 is 3.54. The summed E-state index contributed by atoms with van der Waals surface area (Å²) in [7, 11) is 0. The Morgan fingerprint density at radius 2 is 2.25 bits per heavy atom. The second-order valence-electron chi connectivity index (χ2n) is 2.87. The predicted molar refractivity (Wildman–Crippen MR) is 40.3 cm³/mol. The first-order valence-electron chi connectivity index (χ1n) is 2.87. The van der Waals surface area contributed by atoms with Crippen LogP contribution in [0, 0.1) is 5.41 Å². The van der Waals surface area contributed by atoms with Gasteiger partial charge in [0.1, 0.15) is 0 Å². The molecule has 2 unspecified atom stereocenters. The van der Waals surface area contributed by atoms with Gasteiger partial charge in [-0.25, -0.2) is 0 Å². The van der Waals surface area contributed by atoms with Crippen molar-refractivity contribution in [3.63, 3.8) is 0 Å². The number of hydrogen-bond acceptors (Lipinski definition) is 0. The Hall–Kier alpha value is 0.220. The molecule has 0 N–H and O–H groups in total. The van der Waals surface area contributed by atoms with E-state index in [0.717, 1.165) is 0 Å². The van der Waals surface area contributed by atoms with Gasteiger partial charge in [-0.2, -0.15) is 0 Å². The zero-order valence-electron chi connectivity index (χ0n) is 5.37. The molecule has 1 aliphatic carbocycles. The van der Waals surface area contributed by atoms with Crippen molar-refractivity contribution in [2.24, 2.45) is 5.41 Å². The Balaban J connectivity index is 2.60. The molecule has 0 radical (unpaired) electrons. The fourth-order valence-corrected chi connectivity index (χ4v) is 1.82. The van der Waals surface area contributed by atoms with E-state index in [1.54, 1.807) is 0 Å². The molecule has 0 amide bonds. The molecule has 0 aromatic rings. The summed E-state index contributed by atoms with van der Waals surface area (Å²) in [6, 6.07) is 0. The molecule has 46 valence electrons. The van der Waals surface area contributed by atoms with Crippen LogP contribution in [0.2, 0.25) is 0 Å². The van der Waals surface area contributed by atoms with Gasteiger partial charge in [0.05, 0.1) is 0 Å². The Labute approximate surface area is 59.1 Å². The van der Waals surface area contributed by atoms with Gasteiger partial charge in [0.2, 0.25) is 0 Å². The highest BCUT2D eigenvalue weighted by atomic mass is 79.9. The first-order chi connectivity index (χ1) is 3.57. The van der Waals surface area contributed by atoms with Crippen LogP contribution in [0.3, 0.4) is 0 Å². The van der Waals surface area contributed by atoms with E-state index < -0.39 is 0 Å². The van der Waals surface area contributed by atoms with E-state index in [2.05, 4.69) is 36.4 Å². The van der Waals surface area contributed by atoms with Crippen LogP contribution in [0.5, 0.6) is 0 Å². The fraction of sp³-hybridized carbons (Fsp3) is 0.714. The number of allylic oxidation sites excluding steroid dienone is 1. The molecular weight excluding hydrogens is 164 g/mol. The van der Waals surface area contributed by atoms with Gasteiger partial charge in [-0.05, 0) is 13.3 Å². The predicted octanol–water partition coefficient (Wildman–Crippen LogP) is 2.74. The Bertz CT molecular complexity index is 128. The summed E-state index contributed by atoms with van der Waals surface area (Å²) in [5, 5.41) is 0. The molecule has 0 saturated heterocycles. The Kier molecular flexibility index (Phi) is 1.27. The highest BCUT2D eigenvalue weighted by Crippen LogP contribution is 2.55. The van der Waals surface area contributed by atoms with Gasteiger partial charge in [-0.3, -0.25) is 0 Å². The van der Waals surface area contributed by atoms with Crippen molar-refractivity contribution in [2.45, 2.75) is 25.1 Å². The average Bonchev–Trinajstić information content (AvgIpc) is 2.17. The fourth-order valence-electron chi connectivity index (χ4n) is 0.755. The maximum absolute atomic E-state index is 3.91. The lowest BCUT2D eigenvalue weighted by atomic mass is 10.0. The van der Waals surface area contributed by atoms with Gasteiger partial charge in [0.25, 0.3) is 0 Å². The number of halogens is 1. The molecule has 0 nitrogen and oxygen atoms in total. The molecule has 1 heteroatoms. The first kappa shape index (κ1) is 6.34. The Morgan fingerprint density at radius 3 is 2.25 bits per heavy atom. The van der Waals surface area contributed by atoms with E-state index in [0.29, 0.717) is 10.2 Å². The van der Waals surface area contributed by atoms with E-state index in [9.17, 15) is 0 Å². The van der Waals surface area contributed by atoms with Crippen molar-refractivity contribution >= 4 is 15.9 Å². The summed E-state index contributed by atoms with van der Waals surface area (Å²) in [5.41, 5.74) is 1.74. The van der Waals surface area contributed by atoms with E-state index >= 15 is 0 Å². The molecule has 0 spiro atoms. The van der Waals surface area contributed by atoms with Gasteiger partial charge in [-0.1, -0.05) is 35.0 Å². The molecule has 1 aliphatic rings. The van der Waals surface area contributed by atoms with Crippen LogP contribution in [0.4, 0.5) is 0 Å². The molecule has 0 aliphatic heterocycles. The summed E-state index contributed by atoms with van der Waals surface area (Å²) in [4.78, 5) is 0.701. The standard InChI is InChI=1S/C7H11Br/c1-5(2)7(3)4-6(7)8/h6H,1,4H2,2-3H3. The quantitative estimate of drug-likeness (QED) is 0.424. The lowest BCUT2D eigenvalue weighted by Crippen LogP contribution is -1.96. The van der Waals surface area contributed by atoms with Crippen molar-refractivity contribution in [1.82, 2.24) is 0 Å². The smallest absolute Gasteiger partial charge is 0.0245 e. The van der Waals surface area contributed by atoms with Crippen LogP contribution in [-0.2, 0) is 0 Å². The zero-order valence-corrected chi connectivity index (χ0v) is 6.96. The molecule has 0 bridgehead atoms. The molecule has 2 atom stereocenters. The van der Waals surface area contributed by atoms with Crippen LogP contribution >= 0.6 is 15.9 Å². The van der Waals surface area contributed by atoms with Gasteiger partial charge in [0.15, 0.2) is 0 Å². The van der Waals surface area contributed by atoms with Crippen molar-refractivity contribution in [3.05, 3.63) is 12.2 Å². The summed E-state index contributed by atoms with van der Waals surface area (Å²) in [5.74, 6) is 0. The molecule has 0 aromatic heterocycles. The van der Waals surface area contributed by atoms with Crippen LogP contribution in [0.25, 0.3) is 0 Å². The SMILES string of the molecule is C=C(C)C1(C)CC1Br. The average molecular weight is 175 g/mol. The van der Waals surface area contributed by atoms with Crippen molar-refractivity contribution in [2.75, 3.05) is 0 Å². The zero-order chi connectivity index (χ0) is 6.36. The lowest BCUT2D eigenvalue weighted by molar-refractivity contribution is 0.699. The summed E-state index contributed by atoms with van der Waals surface area (Å²) in [6.45, 7) is 8.25. The maximum atomic E-state index is 3.91. The minimum Gasteiger partial charge on any atom is -0.0995 e. The van der Waals surface area contributed by atoms with Crippen LogP contribution in [0.1, 0.15) is 20.3 Å². The minimum absolute atomic E-state index is 0.431. The summed E-state index contributed by atoms with van der Waals surface area (Å²) in [6.07, 6.45) is 1.27. The highest BCUT2D eigenvalue weighted by molar-refractivity contribution is 9.09. The highest BCUT2D eigenvalue weighted by Gasteiger charge is 2.48. The van der Waals surface area contributed by atoms with Crippen molar-refractivity contribution in [3.8, 4) is 0 Å². The molecule has 1 rings (SSSR count). The normalized spacial score (nSPS) is 44.1. The van der Waals surface area contributed by atoms with Crippen LogP contribution in [-0.4, -0.2) is 4.83 Å². The monoisotopic (exact) mass is 174 g/mol. The van der Waals surface area contributed by atoms with E-state index in [1.807, 2.05) is 0 Å². The number of hydrogen-bond donors (Lipinski definition) is 0. The Morgan fingerprint density at radius 1 is 1.88 bits per heavy atom. The third kappa shape index (κ3) is 0.732. The topological polar surface area (TPSA) is 0 Å². The second-order valence-corrected chi connectivity index (χ2v) is 3.97. The van der Waals surface area contributed by atoms with Crippen molar-refractivity contribution < 1.29 is 0 Å². The number of alkyl halides is 1. The van der Waals surface area contributed by atoms with Crippen LogP contribution < -0.4 is 0 Å². The van der Waals surface area contributed by atoms with E-state index in [-0.39, 0.29) is 0 Å². The molecule has 1 saturated carbocycles. The second kappa shape index (κ2) is 1.60. The maximum Gasteiger partial charge on any atom is 0.0245 e. The van der Waals surface area contributed by atoms with Gasteiger partial charge in [0, 0.05) is 10.2 Å². The van der Waals surface area contributed by atoms with Crippen LogP contribution in [0.15, 0.2) is 12.2 Å². The van der Waals surface area contributed by atoms with Gasteiger partial charge >= 0.3 is 0 Å². The van der Waals surface area contributed by atoms with E-state index in [4.69, 9.17) is 0 Å². The molecule has 0 aromatic carbocycles. The minimum atomic E-state index is 0.431. The first-order valence-corrected chi connectivity index (χ1v) is 3.79. The largest absolute Gasteiger partial charge is 0.0995 e. The molecule has 0 heterocycles. The number of rotatable bonds is 1. The van der Waals surface area contributed by atoms with Gasteiger partial charge in [-0.15, -0.1) is 0 Å². The van der Waals surface area contributed by atoms with Gasteiger partial charge < -0.3 is 0 Å². The third-order valence-electron chi connectivity index (χ3n) is 2.11. The van der Waals surface area contributed by atoms with E-state index in [1.165, 1.54) is 12.0 Å². The summed E-state index contributed by atoms with van der Waals surface area (Å²) < 4.78 is 0. The molecule has 8 heavy (non-hydrogen) atoms. The molecular formula is C7H11Br. The lowest BCUT2D eigenvalue weighted by Gasteiger charge is -2.05.